The number of amides is 1. The van der Waals surface area contributed by atoms with Crippen molar-refractivity contribution >= 4 is 23.2 Å². The van der Waals surface area contributed by atoms with Crippen LogP contribution in [0, 0.1) is 0 Å². The normalized spacial score (nSPS) is 13.4. The van der Waals surface area contributed by atoms with Crippen molar-refractivity contribution in [2.75, 3.05) is 11.4 Å². The molecule has 1 aliphatic rings. The molecule has 3 nitrogen and oxygen atoms in total. The fraction of sp³-hybridized carbons (Fsp3) is 0.133. The lowest BCUT2D eigenvalue weighted by Crippen LogP contribution is -2.28. The van der Waals surface area contributed by atoms with Crippen LogP contribution in [0.2, 0.25) is 5.02 Å². The van der Waals surface area contributed by atoms with Gasteiger partial charge in [0.05, 0.1) is 5.02 Å². The number of anilines is 1. The quantitative estimate of drug-likeness (QED) is 0.866. The summed E-state index contributed by atoms with van der Waals surface area (Å²) >= 11 is 5.84. The fourth-order valence-electron chi connectivity index (χ4n) is 2.34. The highest BCUT2D eigenvalue weighted by Crippen LogP contribution is 2.30. The number of hydrogen-bond donors (Lipinski definition) is 1. The number of nitrogens with zero attached hydrogens (tertiary/aromatic N) is 1. The molecule has 19 heavy (non-hydrogen) atoms. The average molecular weight is 274 g/mol. The summed E-state index contributed by atoms with van der Waals surface area (Å²) in [5.41, 5.74) is 2.62. The lowest BCUT2D eigenvalue weighted by Gasteiger charge is -2.17. The van der Waals surface area contributed by atoms with E-state index < -0.39 is 0 Å². The van der Waals surface area contributed by atoms with E-state index in [1.54, 1.807) is 11.0 Å². The monoisotopic (exact) mass is 273 g/mol. The van der Waals surface area contributed by atoms with Gasteiger partial charge in [-0.05, 0) is 36.2 Å². The number of hydrogen-bond acceptors (Lipinski definition) is 2. The molecule has 0 aliphatic carbocycles. The number of carbonyl (C=O) groups excluding carboxylic acids is 1. The van der Waals surface area contributed by atoms with Crippen molar-refractivity contribution in [2.45, 2.75) is 6.42 Å². The highest BCUT2D eigenvalue weighted by atomic mass is 35.5. The van der Waals surface area contributed by atoms with Gasteiger partial charge in [-0.15, -0.1) is 0 Å². The maximum atomic E-state index is 12.5. The van der Waals surface area contributed by atoms with Gasteiger partial charge in [-0.25, -0.2) is 0 Å². The highest BCUT2D eigenvalue weighted by Gasteiger charge is 2.25. The first kappa shape index (κ1) is 12.1. The van der Waals surface area contributed by atoms with Crippen LogP contribution in [-0.2, 0) is 6.42 Å². The van der Waals surface area contributed by atoms with Gasteiger partial charge in [0.25, 0.3) is 5.91 Å². The molecular weight excluding hydrogens is 262 g/mol. The van der Waals surface area contributed by atoms with Crippen LogP contribution in [0.15, 0.2) is 42.5 Å². The Kier molecular flexibility index (Phi) is 2.91. The van der Waals surface area contributed by atoms with Gasteiger partial charge < -0.3 is 10.0 Å². The molecule has 0 spiro atoms. The minimum Gasteiger partial charge on any atom is -0.506 e. The van der Waals surface area contributed by atoms with Crippen LogP contribution >= 0.6 is 11.6 Å². The first-order valence-electron chi connectivity index (χ1n) is 6.05. The molecule has 96 valence electrons. The molecular formula is C15H12ClNO2. The molecule has 1 amide bonds. The van der Waals surface area contributed by atoms with Gasteiger partial charge in [-0.1, -0.05) is 29.8 Å². The number of phenols is 1. The van der Waals surface area contributed by atoms with Crippen molar-refractivity contribution in [2.24, 2.45) is 0 Å². The molecule has 3 rings (SSSR count). The first-order chi connectivity index (χ1) is 9.16. The summed E-state index contributed by atoms with van der Waals surface area (Å²) in [4.78, 5) is 14.2. The van der Waals surface area contributed by atoms with Gasteiger partial charge in [0.2, 0.25) is 0 Å². The predicted molar refractivity (Wildman–Crippen MR) is 74.9 cm³/mol. The Morgan fingerprint density at radius 2 is 2.00 bits per heavy atom. The van der Waals surface area contributed by atoms with Crippen molar-refractivity contribution in [1.29, 1.82) is 0 Å². The van der Waals surface area contributed by atoms with Crippen molar-refractivity contribution in [3.8, 4) is 5.75 Å². The largest absolute Gasteiger partial charge is 0.506 e. The highest BCUT2D eigenvalue weighted by molar-refractivity contribution is 6.32. The third-order valence-electron chi connectivity index (χ3n) is 3.33. The Morgan fingerprint density at radius 3 is 2.79 bits per heavy atom. The van der Waals surface area contributed by atoms with E-state index in [1.807, 2.05) is 24.3 Å². The van der Waals surface area contributed by atoms with Gasteiger partial charge in [0, 0.05) is 17.8 Å². The van der Waals surface area contributed by atoms with E-state index in [0.29, 0.717) is 12.1 Å². The summed E-state index contributed by atoms with van der Waals surface area (Å²) in [7, 11) is 0. The standard InChI is InChI=1S/C15H12ClNO2/c16-12-9-11(5-6-14(12)18)15(19)17-8-7-10-3-1-2-4-13(10)17/h1-6,9,18H,7-8H2. The van der Waals surface area contributed by atoms with Crippen LogP contribution in [-0.4, -0.2) is 17.6 Å². The van der Waals surface area contributed by atoms with Gasteiger partial charge >= 0.3 is 0 Å². The van der Waals surface area contributed by atoms with Crippen LogP contribution < -0.4 is 4.90 Å². The van der Waals surface area contributed by atoms with Gasteiger partial charge in [0.1, 0.15) is 5.75 Å². The van der Waals surface area contributed by atoms with Crippen LogP contribution in [0.1, 0.15) is 15.9 Å². The van der Waals surface area contributed by atoms with Gasteiger partial charge in [0.15, 0.2) is 0 Å². The topological polar surface area (TPSA) is 40.5 Å². The Morgan fingerprint density at radius 1 is 1.21 bits per heavy atom. The Balaban J connectivity index is 1.95. The molecule has 1 N–H and O–H groups in total. The first-order valence-corrected chi connectivity index (χ1v) is 6.43. The number of fused-ring (bicyclic) bond motifs is 1. The van der Waals surface area contributed by atoms with Crippen LogP contribution in [0.25, 0.3) is 0 Å². The number of phenolic OH excluding ortho intramolecular Hbond substituents is 1. The van der Waals surface area contributed by atoms with Crippen molar-refractivity contribution in [1.82, 2.24) is 0 Å². The molecule has 0 atom stereocenters. The molecule has 2 aromatic rings. The number of carbonyl (C=O) groups is 1. The fourth-order valence-corrected chi connectivity index (χ4v) is 2.53. The molecule has 1 heterocycles. The van der Waals surface area contributed by atoms with E-state index in [4.69, 9.17) is 11.6 Å². The van der Waals surface area contributed by atoms with Crippen molar-refractivity contribution < 1.29 is 9.90 Å². The predicted octanol–water partition coefficient (Wildman–Crippen LogP) is 3.25. The lowest BCUT2D eigenvalue weighted by molar-refractivity contribution is 0.0989. The summed E-state index contributed by atoms with van der Waals surface area (Å²) in [6, 6.07) is 12.4. The van der Waals surface area contributed by atoms with E-state index in [9.17, 15) is 9.90 Å². The van der Waals surface area contributed by atoms with E-state index in [2.05, 4.69) is 0 Å². The zero-order valence-corrected chi connectivity index (χ0v) is 10.9. The van der Waals surface area contributed by atoms with E-state index in [0.717, 1.165) is 12.1 Å². The molecule has 0 unspecified atom stereocenters. The van der Waals surface area contributed by atoms with Crippen LogP contribution in [0.4, 0.5) is 5.69 Å². The summed E-state index contributed by atoms with van der Waals surface area (Å²) in [5, 5.41) is 9.58. The maximum absolute atomic E-state index is 12.5. The number of para-hydroxylation sites is 1. The Hall–Kier alpha value is -2.00. The maximum Gasteiger partial charge on any atom is 0.258 e. The van der Waals surface area contributed by atoms with Gasteiger partial charge in [-0.2, -0.15) is 0 Å². The number of aromatic hydroxyl groups is 1. The van der Waals surface area contributed by atoms with Crippen LogP contribution in [0.5, 0.6) is 5.75 Å². The molecule has 2 aromatic carbocycles. The van der Waals surface area contributed by atoms with E-state index in [-0.39, 0.29) is 16.7 Å². The molecule has 0 radical (unpaired) electrons. The summed E-state index contributed by atoms with van der Waals surface area (Å²) in [6.45, 7) is 0.677. The molecule has 0 saturated carbocycles. The zero-order valence-electron chi connectivity index (χ0n) is 10.1. The van der Waals surface area contributed by atoms with Crippen molar-refractivity contribution in [3.05, 3.63) is 58.6 Å². The van der Waals surface area contributed by atoms with E-state index >= 15 is 0 Å². The third kappa shape index (κ3) is 2.06. The molecule has 0 aromatic heterocycles. The molecule has 1 aliphatic heterocycles. The molecule has 0 fully saturated rings. The molecule has 0 saturated heterocycles. The van der Waals surface area contributed by atoms with Crippen LogP contribution in [0.3, 0.4) is 0 Å². The second-order valence-corrected chi connectivity index (χ2v) is 4.91. The Labute approximate surface area is 116 Å². The average Bonchev–Trinajstić information content (AvgIpc) is 2.85. The Bertz CT molecular complexity index is 654. The zero-order chi connectivity index (χ0) is 13.4. The second-order valence-electron chi connectivity index (χ2n) is 4.50. The summed E-state index contributed by atoms with van der Waals surface area (Å²) in [6.07, 6.45) is 0.869. The minimum atomic E-state index is -0.0909. The van der Waals surface area contributed by atoms with Gasteiger partial charge in [-0.3, -0.25) is 4.79 Å². The molecule has 4 heteroatoms. The summed E-state index contributed by atoms with van der Waals surface area (Å²) < 4.78 is 0. The smallest absolute Gasteiger partial charge is 0.258 e. The lowest BCUT2D eigenvalue weighted by atomic mass is 10.1. The number of benzene rings is 2. The SMILES string of the molecule is O=C(c1ccc(O)c(Cl)c1)N1CCc2ccccc21. The third-order valence-corrected chi connectivity index (χ3v) is 3.63. The minimum absolute atomic E-state index is 0.0139. The summed E-state index contributed by atoms with van der Waals surface area (Å²) in [5.74, 6) is -0.105. The number of halogens is 1. The van der Waals surface area contributed by atoms with Crippen molar-refractivity contribution in [3.63, 3.8) is 0 Å². The second kappa shape index (κ2) is 4.59. The molecule has 0 bridgehead atoms. The van der Waals surface area contributed by atoms with E-state index in [1.165, 1.54) is 17.7 Å². The number of rotatable bonds is 1.